The number of alkyl carbamates (subject to hydrolysis) is 1. The van der Waals surface area contributed by atoms with E-state index in [2.05, 4.69) is 29.6 Å². The Hall–Kier alpha value is -3.00. The van der Waals surface area contributed by atoms with E-state index in [0.29, 0.717) is 12.3 Å². The van der Waals surface area contributed by atoms with Crippen LogP contribution >= 0.6 is 11.8 Å². The summed E-state index contributed by atoms with van der Waals surface area (Å²) in [7, 11) is 0. The van der Waals surface area contributed by atoms with Gasteiger partial charge in [0, 0.05) is 24.3 Å². The van der Waals surface area contributed by atoms with E-state index in [1.54, 1.807) is 18.7 Å². The van der Waals surface area contributed by atoms with Crippen molar-refractivity contribution in [3.8, 4) is 11.1 Å². The quantitative estimate of drug-likeness (QED) is 0.475. The number of amides is 2. The summed E-state index contributed by atoms with van der Waals surface area (Å²) in [6.07, 6.45) is 1.32. The summed E-state index contributed by atoms with van der Waals surface area (Å²) in [6.45, 7) is 5.72. The fourth-order valence-electron chi connectivity index (χ4n) is 4.83. The van der Waals surface area contributed by atoms with Crippen molar-refractivity contribution in [2.45, 2.75) is 32.7 Å². The first-order chi connectivity index (χ1) is 16.7. The predicted octanol–water partition coefficient (Wildman–Crippen LogP) is 4.46. The molecule has 2 aromatic carbocycles. The largest absolute Gasteiger partial charge is 0.480 e. The number of benzene rings is 2. The van der Waals surface area contributed by atoms with Crippen LogP contribution in [-0.4, -0.2) is 65.7 Å². The number of aliphatic carboxylic acids is 1. The minimum absolute atomic E-state index is 0.0522. The molecule has 2 unspecified atom stereocenters. The lowest BCUT2D eigenvalue weighted by Crippen LogP contribution is -2.50. The molecule has 2 atom stereocenters. The zero-order valence-electron chi connectivity index (χ0n) is 20.7. The van der Waals surface area contributed by atoms with E-state index >= 15 is 0 Å². The minimum Gasteiger partial charge on any atom is -0.480 e. The lowest BCUT2D eigenvalue weighted by molar-refractivity contribution is -0.147. The zero-order valence-corrected chi connectivity index (χ0v) is 21.5. The number of nitrogens with zero attached hydrogens (tertiary/aromatic N) is 1. The van der Waals surface area contributed by atoms with E-state index in [4.69, 9.17) is 4.74 Å². The van der Waals surface area contributed by atoms with Gasteiger partial charge in [-0.3, -0.25) is 9.59 Å². The van der Waals surface area contributed by atoms with Gasteiger partial charge in [-0.05, 0) is 41.4 Å². The van der Waals surface area contributed by atoms with Gasteiger partial charge in [-0.25, -0.2) is 4.79 Å². The topological polar surface area (TPSA) is 95.9 Å². The summed E-state index contributed by atoms with van der Waals surface area (Å²) in [5.41, 5.74) is 4.56. The smallest absolute Gasteiger partial charge is 0.407 e. The molecule has 0 bridgehead atoms. The van der Waals surface area contributed by atoms with E-state index in [1.165, 1.54) is 4.90 Å². The van der Waals surface area contributed by atoms with Gasteiger partial charge in [0.25, 0.3) is 0 Å². The summed E-state index contributed by atoms with van der Waals surface area (Å²) >= 11 is 1.55. The fourth-order valence-corrected chi connectivity index (χ4v) is 5.24. The molecule has 2 N–H and O–H groups in total. The van der Waals surface area contributed by atoms with Crippen molar-refractivity contribution in [2.24, 2.45) is 11.8 Å². The van der Waals surface area contributed by atoms with E-state index in [0.717, 1.165) is 22.3 Å². The van der Waals surface area contributed by atoms with Crippen molar-refractivity contribution in [3.63, 3.8) is 0 Å². The van der Waals surface area contributed by atoms with Crippen LogP contribution in [0, 0.1) is 11.8 Å². The van der Waals surface area contributed by atoms with Crippen molar-refractivity contribution in [1.29, 1.82) is 0 Å². The van der Waals surface area contributed by atoms with Crippen LogP contribution in [0.15, 0.2) is 48.5 Å². The van der Waals surface area contributed by atoms with Crippen LogP contribution < -0.4 is 5.32 Å². The Morgan fingerprint density at radius 1 is 1.03 bits per heavy atom. The van der Waals surface area contributed by atoms with Crippen LogP contribution in [0.4, 0.5) is 4.79 Å². The first kappa shape index (κ1) is 26.6. The van der Waals surface area contributed by atoms with Gasteiger partial charge in [-0.2, -0.15) is 11.8 Å². The van der Waals surface area contributed by atoms with Gasteiger partial charge in [0.2, 0.25) is 5.91 Å². The second-order valence-corrected chi connectivity index (χ2v) is 10.2. The number of carboxylic acids is 1. The fraction of sp³-hybridized carbons (Fsp3) is 0.444. The molecular weight excluding hydrogens is 464 g/mol. The standard InChI is InChI=1S/C27H34N2O5S/c1-17(2)25(26(32)29(13-14-35-4)15-24(30)31)18(3)28-27(33)34-16-23-21-11-7-5-9-19(21)20-10-6-8-12-22(20)23/h5-12,17-18,23,25H,13-16H2,1-4H3,(H,28,33)(H,30,31). The van der Waals surface area contributed by atoms with Crippen LogP contribution in [0.1, 0.15) is 37.8 Å². The van der Waals surface area contributed by atoms with Gasteiger partial charge in [0.05, 0.1) is 5.92 Å². The highest BCUT2D eigenvalue weighted by Crippen LogP contribution is 2.44. The Bertz CT molecular complexity index is 1010. The molecule has 7 nitrogen and oxygen atoms in total. The van der Waals surface area contributed by atoms with Crippen molar-refractivity contribution in [3.05, 3.63) is 59.7 Å². The number of hydrogen-bond donors (Lipinski definition) is 2. The number of hydrogen-bond acceptors (Lipinski definition) is 5. The number of rotatable bonds is 11. The van der Waals surface area contributed by atoms with Gasteiger partial charge in [0.15, 0.2) is 0 Å². The van der Waals surface area contributed by atoms with Crippen molar-refractivity contribution < 1.29 is 24.2 Å². The molecule has 1 aliphatic rings. The molecule has 2 aromatic rings. The average Bonchev–Trinajstić information content (AvgIpc) is 3.13. The van der Waals surface area contributed by atoms with Crippen molar-refractivity contribution >= 4 is 29.7 Å². The summed E-state index contributed by atoms with van der Waals surface area (Å²) in [5.74, 6) is -1.42. The molecular formula is C27H34N2O5S. The second kappa shape index (κ2) is 12.1. The molecule has 0 heterocycles. The molecule has 2 amide bonds. The third kappa shape index (κ3) is 6.36. The highest BCUT2D eigenvalue weighted by atomic mass is 32.2. The summed E-state index contributed by atoms with van der Waals surface area (Å²) in [5, 5.41) is 12.1. The predicted molar refractivity (Wildman–Crippen MR) is 139 cm³/mol. The number of carboxylic acid groups (broad SMARTS) is 1. The molecule has 0 spiro atoms. The maximum absolute atomic E-state index is 13.3. The molecule has 188 valence electrons. The number of ether oxygens (including phenoxy) is 1. The van der Waals surface area contributed by atoms with E-state index < -0.39 is 24.0 Å². The van der Waals surface area contributed by atoms with Gasteiger partial charge < -0.3 is 20.1 Å². The van der Waals surface area contributed by atoms with Crippen LogP contribution in [-0.2, 0) is 14.3 Å². The molecule has 0 saturated carbocycles. The van der Waals surface area contributed by atoms with Crippen molar-refractivity contribution in [1.82, 2.24) is 10.2 Å². The van der Waals surface area contributed by atoms with E-state index in [-0.39, 0.29) is 30.9 Å². The van der Waals surface area contributed by atoms with Gasteiger partial charge in [0.1, 0.15) is 13.2 Å². The number of carbonyl (C=O) groups excluding carboxylic acids is 2. The number of carbonyl (C=O) groups is 3. The Kier molecular flexibility index (Phi) is 9.20. The van der Waals surface area contributed by atoms with Crippen LogP contribution in [0.2, 0.25) is 0 Å². The highest BCUT2D eigenvalue weighted by Gasteiger charge is 2.34. The molecule has 35 heavy (non-hydrogen) atoms. The number of nitrogens with one attached hydrogen (secondary N) is 1. The zero-order chi connectivity index (χ0) is 25.5. The van der Waals surface area contributed by atoms with Gasteiger partial charge >= 0.3 is 12.1 Å². The summed E-state index contributed by atoms with van der Waals surface area (Å²) < 4.78 is 5.64. The normalized spacial score (nSPS) is 14.1. The van der Waals surface area contributed by atoms with Crippen LogP contribution in [0.25, 0.3) is 11.1 Å². The maximum atomic E-state index is 13.3. The molecule has 0 radical (unpaired) electrons. The molecule has 0 aromatic heterocycles. The highest BCUT2D eigenvalue weighted by molar-refractivity contribution is 7.98. The second-order valence-electron chi connectivity index (χ2n) is 9.17. The lowest BCUT2D eigenvalue weighted by Gasteiger charge is -2.32. The van der Waals surface area contributed by atoms with E-state index in [9.17, 15) is 19.5 Å². The van der Waals surface area contributed by atoms with Crippen molar-refractivity contribution in [2.75, 3.05) is 31.7 Å². The molecule has 0 fully saturated rings. The average molecular weight is 499 g/mol. The third-order valence-corrected chi connectivity index (χ3v) is 7.03. The molecule has 3 rings (SSSR count). The Morgan fingerprint density at radius 3 is 2.11 bits per heavy atom. The first-order valence-corrected chi connectivity index (χ1v) is 13.2. The van der Waals surface area contributed by atoms with Crippen LogP contribution in [0.3, 0.4) is 0 Å². The molecule has 8 heteroatoms. The SMILES string of the molecule is CSCCN(CC(=O)O)C(=O)C(C(C)C)C(C)NC(=O)OCC1c2ccccc2-c2ccccc21. The summed E-state index contributed by atoms with van der Waals surface area (Å²) in [4.78, 5) is 38.7. The Labute approximate surface area is 211 Å². The van der Waals surface area contributed by atoms with E-state index in [1.807, 2.05) is 44.4 Å². The Morgan fingerprint density at radius 2 is 1.60 bits per heavy atom. The van der Waals surface area contributed by atoms with Gasteiger partial charge in [-0.1, -0.05) is 62.4 Å². The third-order valence-electron chi connectivity index (χ3n) is 6.43. The van der Waals surface area contributed by atoms with Crippen LogP contribution in [0.5, 0.6) is 0 Å². The Balaban J connectivity index is 1.66. The summed E-state index contributed by atoms with van der Waals surface area (Å²) in [6, 6.07) is 15.7. The number of fused-ring (bicyclic) bond motifs is 3. The first-order valence-electron chi connectivity index (χ1n) is 11.9. The van der Waals surface area contributed by atoms with Gasteiger partial charge in [-0.15, -0.1) is 0 Å². The minimum atomic E-state index is -1.06. The monoisotopic (exact) mass is 498 g/mol. The maximum Gasteiger partial charge on any atom is 0.407 e. The molecule has 1 aliphatic carbocycles. The lowest BCUT2D eigenvalue weighted by atomic mass is 9.88. The molecule has 0 aliphatic heterocycles. The number of thioether (sulfide) groups is 1. The molecule has 0 saturated heterocycles.